The minimum absolute atomic E-state index is 0.0354. The Bertz CT molecular complexity index is 537. The minimum atomic E-state index is -0.518. The fourth-order valence-corrected chi connectivity index (χ4v) is 1.24. The highest BCUT2D eigenvalue weighted by Crippen LogP contribution is 2.14. The molecule has 0 fully saturated rings. The van der Waals surface area contributed by atoms with Crippen molar-refractivity contribution in [3.63, 3.8) is 0 Å². The van der Waals surface area contributed by atoms with Gasteiger partial charge in [0.2, 0.25) is 0 Å². The van der Waals surface area contributed by atoms with E-state index in [-0.39, 0.29) is 17.2 Å². The molecule has 9 heteroatoms. The van der Waals surface area contributed by atoms with Gasteiger partial charge in [0.15, 0.2) is 5.11 Å². The third-order valence-corrected chi connectivity index (χ3v) is 2.10. The second kappa shape index (κ2) is 6.87. The number of nitrogens with one attached hydrogen (secondary N) is 3. The number of nitrogens with zero attached hydrogens (tertiary/aromatic N) is 2. The van der Waals surface area contributed by atoms with Gasteiger partial charge in [0.25, 0.3) is 11.6 Å². The summed E-state index contributed by atoms with van der Waals surface area (Å²) in [4.78, 5) is 20.9. The Labute approximate surface area is 113 Å². The molecule has 0 aliphatic rings. The maximum absolute atomic E-state index is 11.0. The second-order valence-corrected chi connectivity index (χ2v) is 3.67. The van der Waals surface area contributed by atoms with Crippen molar-refractivity contribution in [3.8, 4) is 6.07 Å². The van der Waals surface area contributed by atoms with Crippen LogP contribution in [0.15, 0.2) is 24.3 Å². The maximum Gasteiger partial charge on any atom is 0.269 e. The third-order valence-electron chi connectivity index (χ3n) is 1.89. The fraction of sp³-hybridized carbons (Fsp3) is 0.100. The monoisotopic (exact) mass is 279 g/mol. The summed E-state index contributed by atoms with van der Waals surface area (Å²) in [6, 6.07) is 7.27. The van der Waals surface area contributed by atoms with Crippen molar-refractivity contribution in [2.75, 3.05) is 5.32 Å². The number of benzene rings is 1. The first-order valence-corrected chi connectivity index (χ1v) is 5.41. The van der Waals surface area contributed by atoms with Gasteiger partial charge in [-0.25, -0.2) is 0 Å². The Morgan fingerprint density at radius 1 is 1.37 bits per heavy atom. The standard InChI is InChI=1S/C10H9N5O3S/c11-6-5-9(16)13-14-10(19)12-7-1-3-8(4-2-7)15(17)18/h1-4H,5H2,(H,13,16)(H2,12,14,19). The van der Waals surface area contributed by atoms with Gasteiger partial charge in [-0.2, -0.15) is 5.26 Å². The van der Waals surface area contributed by atoms with Crippen LogP contribution < -0.4 is 16.2 Å². The van der Waals surface area contributed by atoms with Crippen molar-refractivity contribution < 1.29 is 9.72 Å². The fourth-order valence-electron chi connectivity index (χ4n) is 1.07. The van der Waals surface area contributed by atoms with Gasteiger partial charge in [-0.1, -0.05) is 0 Å². The van der Waals surface area contributed by atoms with E-state index < -0.39 is 10.8 Å². The number of nitro groups is 1. The first kappa shape index (κ1) is 14.3. The summed E-state index contributed by atoms with van der Waals surface area (Å²) in [7, 11) is 0. The molecule has 0 aromatic heterocycles. The number of nitro benzene ring substituents is 1. The van der Waals surface area contributed by atoms with Crippen LogP contribution in [-0.4, -0.2) is 15.9 Å². The van der Waals surface area contributed by atoms with Gasteiger partial charge in [-0.3, -0.25) is 25.8 Å². The van der Waals surface area contributed by atoms with Crippen LogP contribution in [0.25, 0.3) is 0 Å². The molecule has 3 N–H and O–H groups in total. The molecule has 0 spiro atoms. The van der Waals surface area contributed by atoms with Crippen molar-refractivity contribution in [2.45, 2.75) is 6.42 Å². The van der Waals surface area contributed by atoms with Crippen LogP contribution in [0.1, 0.15) is 6.42 Å². The number of hydrogen-bond donors (Lipinski definition) is 3. The molecular formula is C10H9N5O3S. The molecule has 0 bridgehead atoms. The average molecular weight is 279 g/mol. The minimum Gasteiger partial charge on any atom is -0.331 e. The number of hydrazine groups is 1. The largest absolute Gasteiger partial charge is 0.331 e. The quantitative estimate of drug-likeness (QED) is 0.425. The Hall–Kier alpha value is -2.73. The van der Waals surface area contributed by atoms with Gasteiger partial charge < -0.3 is 5.32 Å². The molecule has 8 nitrogen and oxygen atoms in total. The molecule has 0 atom stereocenters. The van der Waals surface area contributed by atoms with Crippen molar-refractivity contribution in [3.05, 3.63) is 34.4 Å². The number of thiocarbonyl (C=S) groups is 1. The summed E-state index contributed by atoms with van der Waals surface area (Å²) in [5, 5.41) is 21.5. The molecule has 0 saturated carbocycles. The average Bonchev–Trinajstić information content (AvgIpc) is 2.37. The predicted octanol–water partition coefficient (Wildman–Crippen LogP) is 0.826. The number of nitriles is 1. The summed E-state index contributed by atoms with van der Waals surface area (Å²) in [6.45, 7) is 0. The van der Waals surface area contributed by atoms with E-state index in [1.807, 2.05) is 0 Å². The molecule has 0 aliphatic heterocycles. The van der Waals surface area contributed by atoms with Gasteiger partial charge in [0, 0.05) is 17.8 Å². The number of rotatable bonds is 3. The molecule has 0 radical (unpaired) electrons. The first-order valence-electron chi connectivity index (χ1n) is 5.00. The van der Waals surface area contributed by atoms with E-state index in [2.05, 4.69) is 16.2 Å². The predicted molar refractivity (Wildman–Crippen MR) is 70.8 cm³/mol. The van der Waals surface area contributed by atoms with Gasteiger partial charge in [-0.15, -0.1) is 0 Å². The van der Waals surface area contributed by atoms with Gasteiger partial charge in [0.1, 0.15) is 6.42 Å². The Kier molecular flexibility index (Phi) is 5.18. The zero-order chi connectivity index (χ0) is 14.3. The number of non-ortho nitro benzene ring substituents is 1. The lowest BCUT2D eigenvalue weighted by molar-refractivity contribution is -0.384. The normalized spacial score (nSPS) is 9.00. The first-order chi connectivity index (χ1) is 9.02. The van der Waals surface area contributed by atoms with Crippen LogP contribution in [-0.2, 0) is 4.79 Å². The molecular weight excluding hydrogens is 270 g/mol. The molecule has 1 amide bonds. The summed E-state index contributed by atoms with van der Waals surface area (Å²) in [6.07, 6.45) is -0.285. The van der Waals surface area contributed by atoms with E-state index in [1.165, 1.54) is 24.3 Å². The van der Waals surface area contributed by atoms with Gasteiger partial charge in [0.05, 0.1) is 11.0 Å². The topological polar surface area (TPSA) is 120 Å². The summed E-state index contributed by atoms with van der Waals surface area (Å²) < 4.78 is 0. The zero-order valence-corrected chi connectivity index (χ0v) is 10.4. The Morgan fingerprint density at radius 2 is 2.00 bits per heavy atom. The third kappa shape index (κ3) is 4.97. The number of carbonyl (C=O) groups is 1. The lowest BCUT2D eigenvalue weighted by atomic mass is 10.3. The van der Waals surface area contributed by atoms with Crippen LogP contribution in [0, 0.1) is 21.4 Å². The Balaban J connectivity index is 2.46. The highest BCUT2D eigenvalue weighted by atomic mass is 32.1. The number of carbonyl (C=O) groups excluding carboxylic acids is 1. The Morgan fingerprint density at radius 3 is 2.53 bits per heavy atom. The van der Waals surface area contributed by atoms with Crippen LogP contribution in [0.3, 0.4) is 0 Å². The number of anilines is 1. The lowest BCUT2D eigenvalue weighted by Crippen LogP contribution is -2.43. The lowest BCUT2D eigenvalue weighted by Gasteiger charge is -2.10. The van der Waals surface area contributed by atoms with Crippen molar-refractivity contribution in [1.29, 1.82) is 5.26 Å². The van der Waals surface area contributed by atoms with E-state index in [9.17, 15) is 14.9 Å². The van der Waals surface area contributed by atoms with E-state index in [1.54, 1.807) is 6.07 Å². The molecule has 0 heterocycles. The molecule has 1 aromatic carbocycles. The van der Waals surface area contributed by atoms with Crippen LogP contribution in [0.5, 0.6) is 0 Å². The zero-order valence-electron chi connectivity index (χ0n) is 9.54. The molecule has 1 rings (SSSR count). The molecule has 0 aliphatic carbocycles. The van der Waals surface area contributed by atoms with E-state index in [0.717, 1.165) is 0 Å². The molecule has 0 unspecified atom stereocenters. The van der Waals surface area contributed by atoms with Gasteiger partial charge in [-0.05, 0) is 24.4 Å². The maximum atomic E-state index is 11.0. The number of hydrogen-bond acceptors (Lipinski definition) is 5. The molecule has 0 saturated heterocycles. The summed E-state index contributed by atoms with van der Waals surface area (Å²) in [5.41, 5.74) is 5.09. The summed E-state index contributed by atoms with van der Waals surface area (Å²) >= 11 is 4.87. The second-order valence-electron chi connectivity index (χ2n) is 3.27. The highest BCUT2D eigenvalue weighted by molar-refractivity contribution is 7.80. The van der Waals surface area contributed by atoms with Crippen molar-refractivity contribution in [2.24, 2.45) is 0 Å². The van der Waals surface area contributed by atoms with Gasteiger partial charge >= 0.3 is 0 Å². The van der Waals surface area contributed by atoms with Crippen molar-refractivity contribution in [1.82, 2.24) is 10.9 Å². The van der Waals surface area contributed by atoms with E-state index in [4.69, 9.17) is 17.5 Å². The SMILES string of the molecule is N#CCC(=O)NNC(=S)Nc1ccc([N+](=O)[O-])cc1. The molecule has 19 heavy (non-hydrogen) atoms. The van der Waals surface area contributed by atoms with E-state index in [0.29, 0.717) is 5.69 Å². The molecule has 1 aromatic rings. The number of amides is 1. The van der Waals surface area contributed by atoms with Crippen LogP contribution in [0.4, 0.5) is 11.4 Å². The van der Waals surface area contributed by atoms with E-state index >= 15 is 0 Å². The van der Waals surface area contributed by atoms with Crippen LogP contribution >= 0.6 is 12.2 Å². The highest BCUT2D eigenvalue weighted by Gasteiger charge is 2.05. The van der Waals surface area contributed by atoms with Crippen LogP contribution in [0.2, 0.25) is 0 Å². The smallest absolute Gasteiger partial charge is 0.269 e. The van der Waals surface area contributed by atoms with Crippen molar-refractivity contribution >= 4 is 34.6 Å². The summed E-state index contributed by atoms with van der Waals surface area (Å²) in [5.74, 6) is -0.518. The molecule has 98 valence electrons.